The third kappa shape index (κ3) is 2.44. The number of rotatable bonds is 2. The number of hydrogen-bond donors (Lipinski definition) is 1. The van der Waals surface area contributed by atoms with Gasteiger partial charge in [-0.05, 0) is 39.7 Å². The molecule has 0 bridgehead atoms. The van der Waals surface area contributed by atoms with E-state index < -0.39 is 6.10 Å². The van der Waals surface area contributed by atoms with E-state index in [-0.39, 0.29) is 0 Å². The smallest absolute Gasteiger partial charge is 0.106 e. The van der Waals surface area contributed by atoms with Crippen molar-refractivity contribution in [2.24, 2.45) is 0 Å². The Labute approximate surface area is 130 Å². The molecular formula is C16H11BrClNO. The monoisotopic (exact) mass is 347 g/mol. The van der Waals surface area contributed by atoms with Crippen LogP contribution >= 0.6 is 27.5 Å². The predicted molar refractivity (Wildman–Crippen MR) is 85.0 cm³/mol. The molecule has 0 amide bonds. The molecule has 2 aromatic carbocycles. The molecule has 3 aromatic rings. The molecule has 1 unspecified atom stereocenters. The number of hydrogen-bond acceptors (Lipinski definition) is 2. The Morgan fingerprint density at radius 3 is 2.70 bits per heavy atom. The molecule has 0 aliphatic rings. The molecule has 1 heterocycles. The van der Waals surface area contributed by atoms with Crippen LogP contribution in [0.3, 0.4) is 0 Å². The van der Waals surface area contributed by atoms with E-state index in [9.17, 15) is 5.11 Å². The van der Waals surface area contributed by atoms with E-state index in [0.717, 1.165) is 26.5 Å². The Kier molecular flexibility index (Phi) is 3.74. The van der Waals surface area contributed by atoms with Crippen LogP contribution in [-0.2, 0) is 0 Å². The summed E-state index contributed by atoms with van der Waals surface area (Å²) in [5.74, 6) is 0. The normalized spacial score (nSPS) is 12.6. The number of benzene rings is 2. The maximum Gasteiger partial charge on any atom is 0.106 e. The summed E-state index contributed by atoms with van der Waals surface area (Å²) in [6.07, 6.45) is 0.979. The van der Waals surface area contributed by atoms with E-state index in [1.54, 1.807) is 12.3 Å². The predicted octanol–water partition coefficient (Wildman–Crippen LogP) is 4.73. The summed E-state index contributed by atoms with van der Waals surface area (Å²) < 4.78 is 0.811. The van der Waals surface area contributed by atoms with Crippen molar-refractivity contribution in [1.29, 1.82) is 0 Å². The van der Waals surface area contributed by atoms with Crippen molar-refractivity contribution >= 4 is 38.4 Å². The zero-order valence-corrected chi connectivity index (χ0v) is 12.8. The number of pyridine rings is 1. The molecule has 1 atom stereocenters. The van der Waals surface area contributed by atoms with Gasteiger partial charge in [-0.15, -0.1) is 0 Å². The first-order chi connectivity index (χ1) is 9.66. The minimum atomic E-state index is -0.751. The molecule has 0 radical (unpaired) electrons. The summed E-state index contributed by atoms with van der Waals surface area (Å²) in [7, 11) is 0. The van der Waals surface area contributed by atoms with Gasteiger partial charge in [-0.1, -0.05) is 41.9 Å². The molecule has 0 saturated carbocycles. The van der Waals surface area contributed by atoms with Crippen LogP contribution in [0.1, 0.15) is 17.2 Å². The van der Waals surface area contributed by atoms with Crippen molar-refractivity contribution in [3.63, 3.8) is 0 Å². The van der Waals surface area contributed by atoms with Gasteiger partial charge >= 0.3 is 0 Å². The molecule has 0 saturated heterocycles. The third-order valence-corrected chi connectivity index (χ3v) is 4.45. The zero-order valence-electron chi connectivity index (χ0n) is 10.4. The van der Waals surface area contributed by atoms with Gasteiger partial charge in [-0.2, -0.15) is 0 Å². The lowest BCUT2D eigenvalue weighted by molar-refractivity contribution is 0.221. The van der Waals surface area contributed by atoms with Crippen molar-refractivity contribution in [3.8, 4) is 0 Å². The quantitative estimate of drug-likeness (QED) is 0.726. The fourth-order valence-corrected chi connectivity index (χ4v) is 2.65. The number of aliphatic hydroxyl groups is 1. The van der Waals surface area contributed by atoms with Crippen LogP contribution in [0.2, 0.25) is 5.02 Å². The molecule has 1 aromatic heterocycles. The number of nitrogens with zero attached hydrogens (tertiary/aromatic N) is 1. The largest absolute Gasteiger partial charge is 0.384 e. The maximum atomic E-state index is 10.6. The molecule has 0 fully saturated rings. The molecular weight excluding hydrogens is 338 g/mol. The van der Waals surface area contributed by atoms with Crippen molar-refractivity contribution in [2.45, 2.75) is 6.10 Å². The molecule has 100 valence electrons. The van der Waals surface area contributed by atoms with Crippen molar-refractivity contribution in [1.82, 2.24) is 4.98 Å². The first kappa shape index (κ1) is 13.6. The molecule has 0 aliphatic carbocycles. The molecule has 4 heteroatoms. The maximum absolute atomic E-state index is 10.6. The standard InChI is InChI=1S/C16H11BrClNO/c17-13-7-6-11(9-14(13)18)16(20)12-5-1-3-10-4-2-8-19-15(10)12/h1-9,16,20H. The van der Waals surface area contributed by atoms with E-state index >= 15 is 0 Å². The second-order valence-corrected chi connectivity index (χ2v) is 5.76. The highest BCUT2D eigenvalue weighted by Crippen LogP contribution is 2.31. The van der Waals surface area contributed by atoms with Gasteiger partial charge < -0.3 is 5.11 Å². The zero-order chi connectivity index (χ0) is 14.1. The van der Waals surface area contributed by atoms with Gasteiger partial charge in [0.25, 0.3) is 0 Å². The Balaban J connectivity index is 2.12. The van der Waals surface area contributed by atoms with Crippen LogP contribution in [-0.4, -0.2) is 10.1 Å². The van der Waals surface area contributed by atoms with E-state index in [1.165, 1.54) is 0 Å². The number of aromatic nitrogens is 1. The minimum Gasteiger partial charge on any atom is -0.384 e. The molecule has 1 N–H and O–H groups in total. The van der Waals surface area contributed by atoms with Gasteiger partial charge in [-0.25, -0.2) is 0 Å². The third-order valence-electron chi connectivity index (χ3n) is 3.22. The second kappa shape index (κ2) is 5.52. The fourth-order valence-electron chi connectivity index (χ4n) is 2.21. The van der Waals surface area contributed by atoms with Crippen LogP contribution < -0.4 is 0 Å². The minimum absolute atomic E-state index is 0.578. The average Bonchev–Trinajstić information content (AvgIpc) is 2.49. The van der Waals surface area contributed by atoms with Crippen molar-refractivity contribution < 1.29 is 5.11 Å². The van der Waals surface area contributed by atoms with Crippen LogP contribution in [0.25, 0.3) is 10.9 Å². The van der Waals surface area contributed by atoms with Crippen LogP contribution in [0.5, 0.6) is 0 Å². The van der Waals surface area contributed by atoms with Gasteiger partial charge in [-0.3, -0.25) is 4.98 Å². The van der Waals surface area contributed by atoms with Crippen LogP contribution in [0, 0.1) is 0 Å². The summed E-state index contributed by atoms with van der Waals surface area (Å²) in [6.45, 7) is 0. The fraction of sp³-hybridized carbons (Fsp3) is 0.0625. The molecule has 2 nitrogen and oxygen atoms in total. The number of aliphatic hydroxyl groups excluding tert-OH is 1. The Morgan fingerprint density at radius 2 is 1.90 bits per heavy atom. The van der Waals surface area contributed by atoms with Crippen LogP contribution in [0.15, 0.2) is 59.2 Å². The van der Waals surface area contributed by atoms with Crippen molar-refractivity contribution in [2.75, 3.05) is 0 Å². The number of halogens is 2. The number of para-hydroxylation sites is 1. The van der Waals surface area contributed by atoms with E-state index in [0.29, 0.717) is 5.02 Å². The molecule has 0 spiro atoms. The summed E-state index contributed by atoms with van der Waals surface area (Å²) in [6, 6.07) is 15.1. The van der Waals surface area contributed by atoms with Crippen LogP contribution in [0.4, 0.5) is 0 Å². The molecule has 20 heavy (non-hydrogen) atoms. The molecule has 3 rings (SSSR count). The SMILES string of the molecule is OC(c1ccc(Br)c(Cl)c1)c1cccc2cccnc12. The average molecular weight is 349 g/mol. The lowest BCUT2D eigenvalue weighted by atomic mass is 9.99. The summed E-state index contributed by atoms with van der Waals surface area (Å²) in [5, 5.41) is 12.2. The van der Waals surface area contributed by atoms with Gasteiger partial charge in [0, 0.05) is 21.6 Å². The van der Waals surface area contributed by atoms with E-state index in [4.69, 9.17) is 11.6 Å². The Bertz CT molecular complexity index is 770. The Morgan fingerprint density at radius 1 is 1.10 bits per heavy atom. The highest BCUT2D eigenvalue weighted by molar-refractivity contribution is 9.10. The topological polar surface area (TPSA) is 33.1 Å². The van der Waals surface area contributed by atoms with Gasteiger partial charge in [0.05, 0.1) is 10.5 Å². The van der Waals surface area contributed by atoms with E-state index in [2.05, 4.69) is 20.9 Å². The number of fused-ring (bicyclic) bond motifs is 1. The summed E-state index contributed by atoms with van der Waals surface area (Å²) in [5.41, 5.74) is 2.33. The second-order valence-electron chi connectivity index (χ2n) is 4.50. The lowest BCUT2D eigenvalue weighted by Gasteiger charge is -2.14. The highest BCUT2D eigenvalue weighted by atomic mass is 79.9. The Hall–Kier alpha value is -1.42. The lowest BCUT2D eigenvalue weighted by Crippen LogP contribution is -2.01. The van der Waals surface area contributed by atoms with E-state index in [1.807, 2.05) is 42.5 Å². The summed E-state index contributed by atoms with van der Waals surface area (Å²) >= 11 is 9.44. The van der Waals surface area contributed by atoms with Gasteiger partial charge in [0.2, 0.25) is 0 Å². The first-order valence-corrected chi connectivity index (χ1v) is 7.30. The van der Waals surface area contributed by atoms with Gasteiger partial charge in [0.15, 0.2) is 0 Å². The van der Waals surface area contributed by atoms with Crippen molar-refractivity contribution in [3.05, 3.63) is 75.4 Å². The van der Waals surface area contributed by atoms with Gasteiger partial charge in [0.1, 0.15) is 6.10 Å². The first-order valence-electron chi connectivity index (χ1n) is 6.13. The highest BCUT2D eigenvalue weighted by Gasteiger charge is 2.15. The molecule has 0 aliphatic heterocycles. The summed E-state index contributed by atoms with van der Waals surface area (Å²) in [4.78, 5) is 4.37.